The van der Waals surface area contributed by atoms with Gasteiger partial charge in [-0.05, 0) is 57.9 Å². The van der Waals surface area contributed by atoms with E-state index in [0.29, 0.717) is 0 Å². The van der Waals surface area contributed by atoms with E-state index in [2.05, 4.69) is 95.7 Å². The molecule has 144 valence electrons. The Kier molecular flexibility index (Phi) is 4.65. The van der Waals surface area contributed by atoms with Crippen LogP contribution in [0.1, 0.15) is 0 Å². The van der Waals surface area contributed by atoms with Gasteiger partial charge in [0.05, 0.1) is 0 Å². The highest BCUT2D eigenvalue weighted by Crippen LogP contribution is 2.44. The summed E-state index contributed by atoms with van der Waals surface area (Å²) in [7, 11) is 0. The smallest absolute Gasteiger partial charge is 0.0449 e. The van der Waals surface area contributed by atoms with Crippen molar-refractivity contribution in [3.05, 3.63) is 95.7 Å². The van der Waals surface area contributed by atoms with Crippen molar-refractivity contribution in [2.24, 2.45) is 0 Å². The molecule has 0 unspecified atom stereocenters. The van der Waals surface area contributed by atoms with Crippen LogP contribution in [-0.4, -0.2) is 0 Å². The first kappa shape index (κ1) is 18.3. The van der Waals surface area contributed by atoms with Gasteiger partial charge < -0.3 is 0 Å². The molecule has 0 saturated carbocycles. The van der Waals surface area contributed by atoms with Crippen LogP contribution in [0.2, 0.25) is 0 Å². The second-order valence-electron chi connectivity index (χ2n) is 6.99. The lowest BCUT2D eigenvalue weighted by atomic mass is 9.97. The lowest BCUT2D eigenvalue weighted by molar-refractivity contribution is 1.72. The zero-order valence-corrected chi connectivity index (χ0v) is 19.1. The summed E-state index contributed by atoms with van der Waals surface area (Å²) < 4.78 is 0. The Morgan fingerprint density at radius 1 is 0.400 bits per heavy atom. The summed E-state index contributed by atoms with van der Waals surface area (Å²) in [6, 6.07) is 31.1. The number of benzene rings is 2. The van der Waals surface area contributed by atoms with E-state index in [1.807, 2.05) is 22.7 Å². The van der Waals surface area contributed by atoms with Gasteiger partial charge >= 0.3 is 0 Å². The number of rotatable bonds is 4. The molecule has 0 fully saturated rings. The monoisotopic (exact) mass is 456 g/mol. The first-order chi connectivity index (χ1) is 14.9. The van der Waals surface area contributed by atoms with Gasteiger partial charge in [0, 0.05) is 40.4 Å². The Labute approximate surface area is 191 Å². The predicted molar refractivity (Wildman–Crippen MR) is 137 cm³/mol. The van der Waals surface area contributed by atoms with Crippen molar-refractivity contribution in [1.29, 1.82) is 0 Å². The molecule has 0 spiro atoms. The third-order valence-corrected chi connectivity index (χ3v) is 9.54. The maximum absolute atomic E-state index is 2.27. The van der Waals surface area contributed by atoms with Crippen molar-refractivity contribution in [3.63, 3.8) is 0 Å². The van der Waals surface area contributed by atoms with Crippen LogP contribution in [0.4, 0.5) is 0 Å². The first-order valence-electron chi connectivity index (χ1n) is 9.67. The second-order valence-corrected chi connectivity index (χ2v) is 11.1. The van der Waals surface area contributed by atoms with Crippen LogP contribution in [0.25, 0.3) is 51.2 Å². The number of thiophene rings is 4. The van der Waals surface area contributed by atoms with Crippen molar-refractivity contribution in [2.45, 2.75) is 0 Å². The minimum absolute atomic E-state index is 1.29. The third-order valence-electron chi connectivity index (χ3n) is 5.18. The Bertz CT molecular complexity index is 1320. The highest BCUT2D eigenvalue weighted by atomic mass is 32.1. The van der Waals surface area contributed by atoms with Crippen LogP contribution in [0.15, 0.2) is 95.7 Å². The SMILES string of the molecule is c1csc(-c2ccc(-c3cccc4cccc(-c5ccc(-c6cccs6)s5)c34)s2)c1. The molecule has 0 saturated heterocycles. The Morgan fingerprint density at radius 3 is 1.37 bits per heavy atom. The molecule has 6 aromatic rings. The van der Waals surface area contributed by atoms with Gasteiger partial charge in [0.1, 0.15) is 0 Å². The summed E-state index contributed by atoms with van der Waals surface area (Å²) in [6.07, 6.45) is 0. The lowest BCUT2D eigenvalue weighted by Crippen LogP contribution is -1.82. The molecular formula is C26H16S4. The van der Waals surface area contributed by atoms with Gasteiger partial charge in [-0.15, -0.1) is 45.3 Å². The van der Waals surface area contributed by atoms with Crippen molar-refractivity contribution >= 4 is 56.1 Å². The number of hydrogen-bond acceptors (Lipinski definition) is 4. The summed E-state index contributed by atoms with van der Waals surface area (Å²) in [5.41, 5.74) is 2.64. The summed E-state index contributed by atoms with van der Waals surface area (Å²) in [5.74, 6) is 0. The molecule has 0 nitrogen and oxygen atoms in total. The average Bonchev–Trinajstić information content (AvgIpc) is 3.58. The molecule has 0 N–H and O–H groups in total. The molecule has 0 bridgehead atoms. The minimum Gasteiger partial charge on any atom is -0.143 e. The maximum atomic E-state index is 2.27. The molecule has 0 radical (unpaired) electrons. The highest BCUT2D eigenvalue weighted by Gasteiger charge is 2.14. The summed E-state index contributed by atoms with van der Waals surface area (Å²) >= 11 is 7.37. The van der Waals surface area contributed by atoms with E-state index < -0.39 is 0 Å². The maximum Gasteiger partial charge on any atom is 0.0449 e. The van der Waals surface area contributed by atoms with Crippen LogP contribution in [-0.2, 0) is 0 Å². The molecule has 30 heavy (non-hydrogen) atoms. The molecule has 4 aromatic heterocycles. The summed E-state index contributed by atoms with van der Waals surface area (Å²) in [6.45, 7) is 0. The van der Waals surface area contributed by atoms with Crippen molar-refractivity contribution in [2.75, 3.05) is 0 Å². The van der Waals surface area contributed by atoms with E-state index in [-0.39, 0.29) is 0 Å². The topological polar surface area (TPSA) is 0 Å². The van der Waals surface area contributed by atoms with E-state index in [4.69, 9.17) is 0 Å². The van der Waals surface area contributed by atoms with Crippen LogP contribution >= 0.6 is 45.3 Å². The van der Waals surface area contributed by atoms with Crippen LogP contribution in [0, 0.1) is 0 Å². The van der Waals surface area contributed by atoms with Crippen LogP contribution in [0.3, 0.4) is 0 Å². The van der Waals surface area contributed by atoms with E-state index >= 15 is 0 Å². The molecule has 0 amide bonds. The minimum atomic E-state index is 1.29. The zero-order valence-electron chi connectivity index (χ0n) is 15.9. The zero-order chi connectivity index (χ0) is 19.9. The van der Waals surface area contributed by atoms with Gasteiger partial charge in [0.2, 0.25) is 0 Å². The summed E-state index contributed by atoms with van der Waals surface area (Å²) in [4.78, 5) is 8.00. The van der Waals surface area contributed by atoms with E-state index in [0.717, 1.165) is 0 Å². The fourth-order valence-corrected chi connectivity index (χ4v) is 7.56. The van der Waals surface area contributed by atoms with Crippen molar-refractivity contribution in [3.8, 4) is 40.4 Å². The third kappa shape index (κ3) is 3.17. The average molecular weight is 457 g/mol. The van der Waals surface area contributed by atoms with Gasteiger partial charge in [-0.2, -0.15) is 0 Å². The lowest BCUT2D eigenvalue weighted by Gasteiger charge is -2.10. The fraction of sp³-hybridized carbons (Fsp3) is 0. The summed E-state index contributed by atoms with van der Waals surface area (Å²) in [5, 5.41) is 6.93. The van der Waals surface area contributed by atoms with Crippen LogP contribution in [0.5, 0.6) is 0 Å². The molecule has 0 aliphatic rings. The first-order valence-corrected chi connectivity index (χ1v) is 13.1. The molecular weight excluding hydrogens is 441 g/mol. The number of fused-ring (bicyclic) bond motifs is 1. The molecule has 4 heteroatoms. The van der Waals surface area contributed by atoms with Gasteiger partial charge in [0.15, 0.2) is 0 Å². The van der Waals surface area contributed by atoms with Crippen LogP contribution < -0.4 is 0 Å². The Balaban J connectivity index is 1.52. The van der Waals surface area contributed by atoms with Crippen molar-refractivity contribution in [1.82, 2.24) is 0 Å². The van der Waals surface area contributed by atoms with Gasteiger partial charge in [-0.3, -0.25) is 0 Å². The van der Waals surface area contributed by atoms with E-state index in [1.165, 1.54) is 51.2 Å². The molecule has 4 heterocycles. The van der Waals surface area contributed by atoms with Gasteiger partial charge in [-0.25, -0.2) is 0 Å². The molecule has 6 rings (SSSR count). The Morgan fingerprint density at radius 2 is 0.900 bits per heavy atom. The molecule has 0 aliphatic heterocycles. The number of hydrogen-bond donors (Lipinski definition) is 0. The van der Waals surface area contributed by atoms with Gasteiger partial charge in [0.25, 0.3) is 0 Å². The van der Waals surface area contributed by atoms with Crippen molar-refractivity contribution < 1.29 is 0 Å². The molecule has 0 aliphatic carbocycles. The molecule has 2 aromatic carbocycles. The fourth-order valence-electron chi connectivity index (χ4n) is 3.82. The standard InChI is InChI=1S/C26H16S4/c1-5-17-6-2-8-19(21-12-14-25(30-21)23-10-4-16-28-23)26(17)18(7-1)20-11-13-24(29-20)22-9-3-15-27-22/h1-16H. The van der Waals surface area contributed by atoms with E-state index in [9.17, 15) is 0 Å². The van der Waals surface area contributed by atoms with E-state index in [1.54, 1.807) is 22.7 Å². The predicted octanol–water partition coefficient (Wildman–Crippen LogP) is 9.75. The Hall–Kier alpha value is -2.50. The van der Waals surface area contributed by atoms with Gasteiger partial charge in [-0.1, -0.05) is 48.5 Å². The highest BCUT2D eigenvalue weighted by molar-refractivity contribution is 7.24. The molecule has 0 atom stereocenters. The quantitative estimate of drug-likeness (QED) is 0.248. The largest absolute Gasteiger partial charge is 0.143 e. The second kappa shape index (κ2) is 7.64. The normalized spacial score (nSPS) is 11.3.